The third-order valence-corrected chi connectivity index (χ3v) is 13.7. The van der Waals surface area contributed by atoms with Crippen molar-refractivity contribution in [2.75, 3.05) is 6.61 Å². The van der Waals surface area contributed by atoms with E-state index in [-0.39, 0.29) is 45.1 Å². The van der Waals surface area contributed by atoms with Gasteiger partial charge < -0.3 is 9.84 Å². The van der Waals surface area contributed by atoms with Gasteiger partial charge in [0.15, 0.2) is 0 Å². The molecular weight excluding hydrogens is 444 g/mol. The van der Waals surface area contributed by atoms with E-state index < -0.39 is 0 Å². The van der Waals surface area contributed by atoms with Crippen LogP contribution in [-0.4, -0.2) is 23.8 Å². The van der Waals surface area contributed by atoms with Crippen molar-refractivity contribution in [3.63, 3.8) is 0 Å². The van der Waals surface area contributed by atoms with Crippen LogP contribution in [0.2, 0.25) is 0 Å². The van der Waals surface area contributed by atoms with Crippen molar-refractivity contribution in [2.45, 2.75) is 112 Å². The fraction of sp³-hybridized carbons (Fsp3) is 0.848. The molecule has 36 heavy (non-hydrogen) atoms. The normalized spacial score (nSPS) is 51.5. The lowest BCUT2D eigenvalue weighted by molar-refractivity contribution is -0.207. The monoisotopic (exact) mass is 496 g/mol. The maximum Gasteiger partial charge on any atom is 0.313 e. The van der Waals surface area contributed by atoms with Gasteiger partial charge in [0.1, 0.15) is 6.61 Å². The molecule has 0 unspecified atom stereocenters. The summed E-state index contributed by atoms with van der Waals surface area (Å²) in [5.74, 6) is 2.61. The zero-order valence-electron chi connectivity index (χ0n) is 24.2. The molecule has 202 valence electrons. The number of aliphatic hydroxyl groups is 1. The largest absolute Gasteiger partial charge is 0.461 e. The number of aliphatic hydroxyl groups excluding tert-OH is 1. The average Bonchev–Trinajstić information content (AvgIpc) is 2.83. The summed E-state index contributed by atoms with van der Waals surface area (Å²) in [4.78, 5) is 13.7. The zero-order valence-corrected chi connectivity index (χ0v) is 24.2. The minimum absolute atomic E-state index is 0.0246. The first-order valence-electron chi connectivity index (χ1n) is 15.0. The molecule has 0 heterocycles. The first kappa shape index (κ1) is 26.5. The van der Waals surface area contributed by atoms with Gasteiger partial charge in [-0.3, -0.25) is 4.79 Å². The molecular formula is C33H52O3. The fourth-order valence-corrected chi connectivity index (χ4v) is 11.1. The van der Waals surface area contributed by atoms with Gasteiger partial charge in [-0.2, -0.15) is 0 Å². The number of hydrogen-bond acceptors (Lipinski definition) is 3. The molecule has 0 bridgehead atoms. The van der Waals surface area contributed by atoms with Crippen LogP contribution in [0.3, 0.4) is 0 Å². The second-order valence-electron chi connectivity index (χ2n) is 15.1. The van der Waals surface area contributed by atoms with Crippen LogP contribution in [0.4, 0.5) is 0 Å². The minimum atomic E-state index is -0.373. The Morgan fingerprint density at radius 2 is 1.75 bits per heavy atom. The summed E-state index contributed by atoms with van der Waals surface area (Å²) in [6.07, 6.45) is 13.9. The number of hydrogen-bond donors (Lipinski definition) is 1. The van der Waals surface area contributed by atoms with Crippen LogP contribution in [0.25, 0.3) is 0 Å². The summed E-state index contributed by atoms with van der Waals surface area (Å²) >= 11 is 0. The van der Waals surface area contributed by atoms with E-state index in [1.54, 1.807) is 11.6 Å². The maximum absolute atomic E-state index is 13.7. The van der Waals surface area contributed by atoms with Gasteiger partial charge in [0.05, 0.1) is 11.5 Å². The Kier molecular flexibility index (Phi) is 6.23. The van der Waals surface area contributed by atoms with E-state index in [4.69, 9.17) is 4.74 Å². The van der Waals surface area contributed by atoms with Crippen LogP contribution in [0.5, 0.6) is 0 Å². The zero-order chi connectivity index (χ0) is 26.3. The lowest BCUT2D eigenvalue weighted by Gasteiger charge is -2.71. The molecule has 0 aromatic carbocycles. The second-order valence-corrected chi connectivity index (χ2v) is 15.1. The first-order valence-corrected chi connectivity index (χ1v) is 15.0. The third-order valence-electron chi connectivity index (χ3n) is 13.7. The van der Waals surface area contributed by atoms with Crippen LogP contribution in [0, 0.1) is 56.7 Å². The standard InChI is InChI=1S/C33H52O3/c1-9-20-36-28(35)33-17-12-21(2)22(3)27(33)23-10-11-25-30(6)15-14-26(34)29(4,5)24(30)13-16-32(25,8)31(23,7)18-19-33/h9-10,21-22,24-27,34H,1,11-20H2,2-8H3/t21-,22+,24+,25-,26+,27+,30+,31-,32-,33+/m1/s1. The van der Waals surface area contributed by atoms with Crippen LogP contribution in [0.15, 0.2) is 24.3 Å². The van der Waals surface area contributed by atoms with E-state index in [0.717, 1.165) is 44.9 Å². The molecule has 0 radical (unpaired) electrons. The molecule has 3 nitrogen and oxygen atoms in total. The summed E-state index contributed by atoms with van der Waals surface area (Å²) in [6, 6.07) is 0. The number of carbonyl (C=O) groups is 1. The van der Waals surface area contributed by atoms with Crippen LogP contribution >= 0.6 is 0 Å². The highest BCUT2D eigenvalue weighted by Gasteiger charge is 2.69. The Bertz CT molecular complexity index is 949. The van der Waals surface area contributed by atoms with E-state index in [1.165, 1.54) is 12.8 Å². The lowest BCUT2D eigenvalue weighted by atomic mass is 9.33. The fourth-order valence-electron chi connectivity index (χ4n) is 11.1. The molecule has 0 saturated heterocycles. The number of esters is 1. The van der Waals surface area contributed by atoms with Crippen molar-refractivity contribution in [1.29, 1.82) is 0 Å². The predicted octanol–water partition coefficient (Wildman–Crippen LogP) is 7.73. The van der Waals surface area contributed by atoms with Gasteiger partial charge in [0.25, 0.3) is 0 Å². The quantitative estimate of drug-likeness (QED) is 0.321. The number of rotatable bonds is 3. The molecule has 4 saturated carbocycles. The summed E-state index contributed by atoms with van der Waals surface area (Å²) in [5.41, 5.74) is 1.79. The molecule has 10 atom stereocenters. The Morgan fingerprint density at radius 1 is 1.03 bits per heavy atom. The highest BCUT2D eigenvalue weighted by Crippen LogP contribution is 2.75. The number of allylic oxidation sites excluding steroid dienone is 2. The Balaban J connectivity index is 1.59. The first-order chi connectivity index (χ1) is 16.8. The molecule has 5 rings (SSSR count). The van der Waals surface area contributed by atoms with Crippen molar-refractivity contribution in [2.24, 2.45) is 56.7 Å². The van der Waals surface area contributed by atoms with Gasteiger partial charge in [0, 0.05) is 0 Å². The molecule has 0 amide bonds. The van der Waals surface area contributed by atoms with Crippen LogP contribution < -0.4 is 0 Å². The predicted molar refractivity (Wildman–Crippen MR) is 146 cm³/mol. The van der Waals surface area contributed by atoms with E-state index in [9.17, 15) is 9.90 Å². The molecule has 1 N–H and O–H groups in total. The molecule has 5 aliphatic carbocycles. The maximum atomic E-state index is 13.7. The average molecular weight is 497 g/mol. The lowest BCUT2D eigenvalue weighted by Crippen LogP contribution is -2.65. The molecule has 0 spiro atoms. The highest BCUT2D eigenvalue weighted by atomic mass is 16.5. The van der Waals surface area contributed by atoms with Crippen LogP contribution in [0.1, 0.15) is 106 Å². The molecule has 0 aromatic heterocycles. The Labute approximate surface area is 220 Å². The van der Waals surface area contributed by atoms with E-state index in [0.29, 0.717) is 30.3 Å². The van der Waals surface area contributed by atoms with Gasteiger partial charge in [-0.25, -0.2) is 0 Å². The van der Waals surface area contributed by atoms with Gasteiger partial charge in [-0.1, -0.05) is 72.8 Å². The Morgan fingerprint density at radius 3 is 2.44 bits per heavy atom. The van der Waals surface area contributed by atoms with Crippen LogP contribution in [-0.2, 0) is 9.53 Å². The number of carbonyl (C=O) groups excluding carboxylic acids is 1. The number of fused-ring (bicyclic) bond motifs is 7. The van der Waals surface area contributed by atoms with Gasteiger partial charge in [-0.05, 0) is 109 Å². The summed E-state index contributed by atoms with van der Waals surface area (Å²) in [5, 5.41) is 11.0. The van der Waals surface area contributed by atoms with E-state index in [2.05, 4.69) is 61.1 Å². The summed E-state index contributed by atoms with van der Waals surface area (Å²) in [6.45, 7) is 21.3. The molecule has 5 aliphatic rings. The third kappa shape index (κ3) is 3.23. The van der Waals surface area contributed by atoms with Crippen molar-refractivity contribution in [3.05, 3.63) is 24.3 Å². The SMILES string of the molecule is C=CCOC(=O)[C@]12CC[C@@H](C)[C@H](C)[C@H]1C1=CC[C@@H]3[C@@]4(C)CC[C@H](O)C(C)(C)[C@@H]4CC[C@@]3(C)[C@]1(C)CC2. The molecule has 4 fully saturated rings. The Hall–Kier alpha value is -1.09. The molecule has 0 aromatic rings. The smallest absolute Gasteiger partial charge is 0.313 e. The van der Waals surface area contributed by atoms with E-state index >= 15 is 0 Å². The van der Waals surface area contributed by atoms with Gasteiger partial charge in [-0.15, -0.1) is 0 Å². The minimum Gasteiger partial charge on any atom is -0.461 e. The van der Waals surface area contributed by atoms with Gasteiger partial charge >= 0.3 is 5.97 Å². The summed E-state index contributed by atoms with van der Waals surface area (Å²) < 4.78 is 5.83. The van der Waals surface area contributed by atoms with Crippen molar-refractivity contribution in [3.8, 4) is 0 Å². The topological polar surface area (TPSA) is 46.5 Å². The molecule has 0 aliphatic heterocycles. The van der Waals surface area contributed by atoms with Crippen molar-refractivity contribution >= 4 is 5.97 Å². The molecule has 3 heteroatoms. The summed E-state index contributed by atoms with van der Waals surface area (Å²) in [7, 11) is 0. The van der Waals surface area contributed by atoms with E-state index in [1.807, 2.05) is 0 Å². The van der Waals surface area contributed by atoms with Crippen molar-refractivity contribution < 1.29 is 14.6 Å². The van der Waals surface area contributed by atoms with Gasteiger partial charge in [0.2, 0.25) is 0 Å². The number of ether oxygens (including phenoxy) is 1. The van der Waals surface area contributed by atoms with Crippen molar-refractivity contribution in [1.82, 2.24) is 0 Å². The second kappa shape index (κ2) is 8.45. The highest BCUT2D eigenvalue weighted by molar-refractivity contribution is 5.79.